The van der Waals surface area contributed by atoms with Crippen molar-refractivity contribution in [3.63, 3.8) is 0 Å². The van der Waals surface area contributed by atoms with E-state index in [1.54, 1.807) is 7.05 Å². The van der Waals surface area contributed by atoms with Crippen molar-refractivity contribution >= 4 is 11.9 Å². The van der Waals surface area contributed by atoms with E-state index in [9.17, 15) is 0 Å². The number of aromatic nitrogens is 3. The summed E-state index contributed by atoms with van der Waals surface area (Å²) in [5.41, 5.74) is 0. The highest BCUT2D eigenvalue weighted by atomic mass is 16.5. The summed E-state index contributed by atoms with van der Waals surface area (Å²) >= 11 is 0. The summed E-state index contributed by atoms with van der Waals surface area (Å²) in [6.07, 6.45) is 3.86. The predicted octanol–water partition coefficient (Wildman–Crippen LogP) is 0.961. The third-order valence-corrected chi connectivity index (χ3v) is 3.73. The van der Waals surface area contributed by atoms with Crippen molar-refractivity contribution in [2.45, 2.75) is 38.3 Å². The number of nitrogens with zero attached hydrogens (tertiary/aromatic N) is 4. The van der Waals surface area contributed by atoms with Crippen LogP contribution in [0.5, 0.6) is 6.01 Å². The molecule has 1 aliphatic carbocycles. The van der Waals surface area contributed by atoms with Gasteiger partial charge < -0.3 is 15.4 Å². The fourth-order valence-corrected chi connectivity index (χ4v) is 2.59. The minimum Gasteiger partial charge on any atom is -0.464 e. The number of likely N-dealkylation sites (tertiary alicyclic amines) is 1. The lowest BCUT2D eigenvalue weighted by molar-refractivity contribution is 0.312. The van der Waals surface area contributed by atoms with Gasteiger partial charge in [-0.1, -0.05) is 0 Å². The molecule has 1 saturated carbocycles. The molecule has 2 heterocycles. The molecule has 2 fully saturated rings. The van der Waals surface area contributed by atoms with Crippen molar-refractivity contribution in [2.75, 3.05) is 37.4 Å². The van der Waals surface area contributed by atoms with Gasteiger partial charge in [0.2, 0.25) is 11.9 Å². The second-order valence-electron chi connectivity index (χ2n) is 5.30. The highest BCUT2D eigenvalue weighted by Gasteiger charge is 2.34. The molecule has 1 atom stereocenters. The number of ether oxygens (including phenoxy) is 1. The molecule has 0 aromatic carbocycles. The van der Waals surface area contributed by atoms with Crippen molar-refractivity contribution in [1.29, 1.82) is 0 Å². The monoisotopic (exact) mass is 278 g/mol. The number of hydrogen-bond donors (Lipinski definition) is 2. The molecule has 0 radical (unpaired) electrons. The Labute approximate surface area is 119 Å². The number of hydrogen-bond acceptors (Lipinski definition) is 7. The molecular weight excluding hydrogens is 256 g/mol. The smallest absolute Gasteiger partial charge is 0.323 e. The molecule has 2 N–H and O–H groups in total. The third kappa shape index (κ3) is 3.09. The molecule has 7 heteroatoms. The van der Waals surface area contributed by atoms with Crippen molar-refractivity contribution in [3.8, 4) is 6.01 Å². The number of rotatable bonds is 6. The maximum atomic E-state index is 5.37. The van der Waals surface area contributed by atoms with Crippen LogP contribution in [-0.2, 0) is 0 Å². The Kier molecular flexibility index (Phi) is 3.86. The van der Waals surface area contributed by atoms with Crippen molar-refractivity contribution < 1.29 is 4.74 Å². The molecule has 1 saturated heterocycles. The molecular formula is C13H22N6O. The molecule has 1 unspecified atom stereocenters. The summed E-state index contributed by atoms with van der Waals surface area (Å²) < 4.78 is 5.37. The summed E-state index contributed by atoms with van der Waals surface area (Å²) in [5, 5.41) is 6.34. The van der Waals surface area contributed by atoms with E-state index in [-0.39, 0.29) is 0 Å². The lowest BCUT2D eigenvalue weighted by Crippen LogP contribution is -2.28. The number of nitrogens with one attached hydrogen (secondary N) is 2. The second kappa shape index (κ2) is 5.78. The Morgan fingerprint density at radius 3 is 2.70 bits per heavy atom. The second-order valence-corrected chi connectivity index (χ2v) is 5.30. The highest BCUT2D eigenvalue weighted by Crippen LogP contribution is 2.30. The number of anilines is 2. The fourth-order valence-electron chi connectivity index (χ4n) is 2.59. The molecule has 2 aliphatic rings. The average Bonchev–Trinajstić information content (AvgIpc) is 3.20. The topological polar surface area (TPSA) is 75.2 Å². The largest absolute Gasteiger partial charge is 0.464 e. The zero-order valence-corrected chi connectivity index (χ0v) is 12.1. The van der Waals surface area contributed by atoms with Crippen LogP contribution in [0.4, 0.5) is 11.9 Å². The summed E-state index contributed by atoms with van der Waals surface area (Å²) in [6, 6.07) is 1.61. The lowest BCUT2D eigenvalue weighted by atomic mass is 10.3. The molecule has 0 amide bonds. The van der Waals surface area contributed by atoms with Gasteiger partial charge in [-0.3, -0.25) is 4.90 Å². The third-order valence-electron chi connectivity index (χ3n) is 3.73. The van der Waals surface area contributed by atoms with Crippen LogP contribution in [0.2, 0.25) is 0 Å². The Morgan fingerprint density at radius 2 is 2.00 bits per heavy atom. The maximum Gasteiger partial charge on any atom is 0.323 e. The first-order valence-corrected chi connectivity index (χ1v) is 7.35. The standard InChI is InChI=1S/C13H22N6O/c1-3-20-13-17-11(14-2)16-12(18-13)15-9-6-7-19(8-9)10-4-5-10/h9-10H,3-8H2,1-2H3,(H2,14,15,16,17,18). The molecule has 20 heavy (non-hydrogen) atoms. The van der Waals surface area contributed by atoms with Crippen LogP contribution in [0.3, 0.4) is 0 Å². The molecule has 1 aromatic heterocycles. The first kappa shape index (κ1) is 13.4. The summed E-state index contributed by atoms with van der Waals surface area (Å²) in [4.78, 5) is 15.4. The normalized spacial score (nSPS) is 22.8. The van der Waals surface area contributed by atoms with Crippen LogP contribution in [0.25, 0.3) is 0 Å². The van der Waals surface area contributed by atoms with Crippen LogP contribution in [-0.4, -0.2) is 58.7 Å². The van der Waals surface area contributed by atoms with Crippen molar-refractivity contribution in [2.24, 2.45) is 0 Å². The van der Waals surface area contributed by atoms with Gasteiger partial charge >= 0.3 is 6.01 Å². The van der Waals surface area contributed by atoms with E-state index in [1.807, 2.05) is 6.92 Å². The summed E-state index contributed by atoms with van der Waals surface area (Å²) in [5.74, 6) is 1.12. The lowest BCUT2D eigenvalue weighted by Gasteiger charge is -2.16. The first-order valence-electron chi connectivity index (χ1n) is 7.35. The van der Waals surface area contributed by atoms with Gasteiger partial charge in [-0.25, -0.2) is 0 Å². The van der Waals surface area contributed by atoms with E-state index in [2.05, 4.69) is 30.5 Å². The van der Waals surface area contributed by atoms with E-state index in [4.69, 9.17) is 4.74 Å². The van der Waals surface area contributed by atoms with Gasteiger partial charge in [-0.05, 0) is 26.2 Å². The van der Waals surface area contributed by atoms with Gasteiger partial charge in [0.05, 0.1) is 6.61 Å². The minimum absolute atomic E-state index is 0.367. The molecule has 0 spiro atoms. The van der Waals surface area contributed by atoms with E-state index in [1.165, 1.54) is 19.4 Å². The summed E-state index contributed by atoms with van der Waals surface area (Å²) in [6.45, 7) is 4.71. The first-order chi connectivity index (χ1) is 9.78. The SMILES string of the molecule is CCOc1nc(NC)nc(NC2CCN(C3CC3)C2)n1. The maximum absolute atomic E-state index is 5.37. The fraction of sp³-hybridized carbons (Fsp3) is 0.769. The van der Waals surface area contributed by atoms with Gasteiger partial charge in [0.1, 0.15) is 0 Å². The van der Waals surface area contributed by atoms with Crippen molar-refractivity contribution in [1.82, 2.24) is 19.9 Å². The van der Waals surface area contributed by atoms with E-state index in [0.717, 1.165) is 19.0 Å². The molecule has 1 aromatic rings. The van der Waals surface area contributed by atoms with Crippen LogP contribution < -0.4 is 15.4 Å². The van der Waals surface area contributed by atoms with Crippen LogP contribution in [0.15, 0.2) is 0 Å². The average molecular weight is 278 g/mol. The quantitative estimate of drug-likeness (QED) is 0.802. The molecule has 110 valence electrons. The van der Waals surface area contributed by atoms with Gasteiger partial charge in [0, 0.05) is 32.2 Å². The van der Waals surface area contributed by atoms with Gasteiger partial charge in [-0.2, -0.15) is 15.0 Å². The minimum atomic E-state index is 0.367. The van der Waals surface area contributed by atoms with Gasteiger partial charge in [0.15, 0.2) is 0 Å². The van der Waals surface area contributed by atoms with Crippen LogP contribution in [0, 0.1) is 0 Å². The van der Waals surface area contributed by atoms with E-state index in [0.29, 0.717) is 30.6 Å². The van der Waals surface area contributed by atoms with E-state index < -0.39 is 0 Å². The van der Waals surface area contributed by atoms with Crippen molar-refractivity contribution in [3.05, 3.63) is 0 Å². The van der Waals surface area contributed by atoms with Crippen LogP contribution in [0.1, 0.15) is 26.2 Å². The molecule has 3 rings (SSSR count). The van der Waals surface area contributed by atoms with Crippen LogP contribution >= 0.6 is 0 Å². The Bertz CT molecular complexity index is 464. The Hall–Kier alpha value is -1.63. The Morgan fingerprint density at radius 1 is 1.20 bits per heavy atom. The molecule has 0 bridgehead atoms. The summed E-state index contributed by atoms with van der Waals surface area (Å²) in [7, 11) is 1.79. The Balaban J connectivity index is 1.65. The molecule has 7 nitrogen and oxygen atoms in total. The van der Waals surface area contributed by atoms with E-state index >= 15 is 0 Å². The van der Waals surface area contributed by atoms with Gasteiger partial charge in [-0.15, -0.1) is 0 Å². The highest BCUT2D eigenvalue weighted by molar-refractivity contribution is 5.36. The molecule has 1 aliphatic heterocycles. The predicted molar refractivity (Wildman–Crippen MR) is 77.2 cm³/mol. The zero-order valence-electron chi connectivity index (χ0n) is 12.1. The van der Waals surface area contributed by atoms with Gasteiger partial charge in [0.25, 0.3) is 0 Å². The zero-order chi connectivity index (χ0) is 13.9.